The molecule has 6 nitrogen and oxygen atoms in total. The van der Waals surface area contributed by atoms with Gasteiger partial charge in [0.05, 0.1) is 13.2 Å². The molecule has 0 spiro atoms. The lowest BCUT2D eigenvalue weighted by atomic mass is 9.95. The third kappa shape index (κ3) is 8.26. The van der Waals surface area contributed by atoms with Gasteiger partial charge >= 0.3 is 0 Å². The standard InChI is InChI=1S/C29H39BrN2O4/c1-4-35-26-17-13-22(19-27(26)36-5-2)14-18-28(33)32(20-23-11-15-24(30)16-12-23)21(3)29(34)31-25-9-7-6-8-10-25/h11-13,15-17,19,21,25H,4-10,14,18,20H2,1-3H3,(H,31,34). The van der Waals surface area contributed by atoms with Crippen molar-refractivity contribution < 1.29 is 19.1 Å². The lowest BCUT2D eigenvalue weighted by Crippen LogP contribution is -2.50. The second kappa shape index (κ2) is 14.3. The summed E-state index contributed by atoms with van der Waals surface area (Å²) in [5, 5.41) is 3.19. The van der Waals surface area contributed by atoms with Gasteiger partial charge in [-0.25, -0.2) is 0 Å². The zero-order valence-corrected chi connectivity index (χ0v) is 23.3. The van der Waals surface area contributed by atoms with Crippen LogP contribution in [-0.4, -0.2) is 42.0 Å². The van der Waals surface area contributed by atoms with Crippen molar-refractivity contribution in [3.63, 3.8) is 0 Å². The fourth-order valence-corrected chi connectivity index (χ4v) is 4.85. The highest BCUT2D eigenvalue weighted by Crippen LogP contribution is 2.29. The minimum atomic E-state index is -0.553. The first kappa shape index (κ1) is 28.0. The molecule has 1 aliphatic carbocycles. The first-order valence-electron chi connectivity index (χ1n) is 13.1. The SMILES string of the molecule is CCOc1ccc(CCC(=O)N(Cc2ccc(Br)cc2)C(C)C(=O)NC2CCCCC2)cc1OCC. The number of benzene rings is 2. The Morgan fingerprint density at radius 1 is 0.972 bits per heavy atom. The van der Waals surface area contributed by atoms with Crippen molar-refractivity contribution in [2.45, 2.75) is 84.3 Å². The van der Waals surface area contributed by atoms with Gasteiger partial charge in [-0.1, -0.05) is 53.4 Å². The Bertz CT molecular complexity index is 989. The molecule has 0 bridgehead atoms. The zero-order chi connectivity index (χ0) is 25.9. The van der Waals surface area contributed by atoms with Gasteiger partial charge in [0.1, 0.15) is 6.04 Å². The Morgan fingerprint density at radius 2 is 1.61 bits per heavy atom. The van der Waals surface area contributed by atoms with E-state index in [1.54, 1.807) is 4.90 Å². The van der Waals surface area contributed by atoms with Crippen LogP contribution in [0.3, 0.4) is 0 Å². The van der Waals surface area contributed by atoms with E-state index in [1.165, 1.54) is 6.42 Å². The van der Waals surface area contributed by atoms with Gasteiger partial charge in [0.25, 0.3) is 0 Å². The molecule has 0 saturated heterocycles. The Labute approximate surface area is 223 Å². The van der Waals surface area contributed by atoms with Crippen LogP contribution in [0.5, 0.6) is 11.5 Å². The van der Waals surface area contributed by atoms with Gasteiger partial charge in [-0.3, -0.25) is 9.59 Å². The Hall–Kier alpha value is -2.54. The topological polar surface area (TPSA) is 67.9 Å². The highest BCUT2D eigenvalue weighted by molar-refractivity contribution is 9.10. The molecule has 2 aromatic carbocycles. The molecular formula is C29H39BrN2O4. The molecule has 0 aromatic heterocycles. The highest BCUT2D eigenvalue weighted by atomic mass is 79.9. The van der Waals surface area contributed by atoms with Crippen LogP contribution in [0, 0.1) is 0 Å². The molecule has 0 radical (unpaired) electrons. The van der Waals surface area contributed by atoms with Crippen LogP contribution in [-0.2, 0) is 22.6 Å². The summed E-state index contributed by atoms with van der Waals surface area (Å²) in [4.78, 5) is 28.3. The molecule has 1 fully saturated rings. The molecule has 2 amide bonds. The smallest absolute Gasteiger partial charge is 0.242 e. The van der Waals surface area contributed by atoms with Crippen molar-refractivity contribution in [3.05, 3.63) is 58.1 Å². The number of halogens is 1. The van der Waals surface area contributed by atoms with E-state index >= 15 is 0 Å². The lowest BCUT2D eigenvalue weighted by Gasteiger charge is -2.31. The summed E-state index contributed by atoms with van der Waals surface area (Å²) in [6.07, 6.45) is 6.40. The number of ether oxygens (including phenoxy) is 2. The van der Waals surface area contributed by atoms with Crippen molar-refractivity contribution in [2.24, 2.45) is 0 Å². The zero-order valence-electron chi connectivity index (χ0n) is 21.7. The minimum Gasteiger partial charge on any atom is -0.490 e. The number of hydrogen-bond acceptors (Lipinski definition) is 4. The molecule has 0 aliphatic heterocycles. The van der Waals surface area contributed by atoms with Crippen LogP contribution < -0.4 is 14.8 Å². The Kier molecular flexibility index (Phi) is 11.1. The largest absolute Gasteiger partial charge is 0.490 e. The maximum Gasteiger partial charge on any atom is 0.242 e. The molecule has 1 N–H and O–H groups in total. The van der Waals surface area contributed by atoms with Gasteiger partial charge in [-0.2, -0.15) is 0 Å². The summed E-state index contributed by atoms with van der Waals surface area (Å²) >= 11 is 3.47. The average Bonchev–Trinajstić information content (AvgIpc) is 2.88. The highest BCUT2D eigenvalue weighted by Gasteiger charge is 2.28. The molecule has 1 atom stereocenters. The third-order valence-electron chi connectivity index (χ3n) is 6.62. The number of hydrogen-bond donors (Lipinski definition) is 1. The number of nitrogens with zero attached hydrogens (tertiary/aromatic N) is 1. The normalized spacial score (nSPS) is 14.7. The van der Waals surface area contributed by atoms with Crippen molar-refractivity contribution in [3.8, 4) is 11.5 Å². The van der Waals surface area contributed by atoms with Gasteiger partial charge in [0.2, 0.25) is 11.8 Å². The van der Waals surface area contributed by atoms with Gasteiger partial charge < -0.3 is 19.7 Å². The van der Waals surface area contributed by atoms with E-state index in [4.69, 9.17) is 9.47 Å². The van der Waals surface area contributed by atoms with Crippen molar-refractivity contribution in [1.82, 2.24) is 10.2 Å². The minimum absolute atomic E-state index is 0.0453. The molecule has 1 saturated carbocycles. The molecule has 1 aliphatic rings. The number of carbonyl (C=O) groups excluding carboxylic acids is 2. The van der Waals surface area contributed by atoms with Crippen LogP contribution in [0.25, 0.3) is 0 Å². The van der Waals surface area contributed by atoms with Crippen LogP contribution in [0.2, 0.25) is 0 Å². The summed E-state index contributed by atoms with van der Waals surface area (Å²) < 4.78 is 12.4. The number of amides is 2. The molecular weight excluding hydrogens is 520 g/mol. The molecule has 7 heteroatoms. The van der Waals surface area contributed by atoms with E-state index in [2.05, 4.69) is 21.2 Å². The van der Waals surface area contributed by atoms with Crippen LogP contribution in [0.15, 0.2) is 46.9 Å². The fourth-order valence-electron chi connectivity index (χ4n) is 4.58. The monoisotopic (exact) mass is 558 g/mol. The van der Waals surface area contributed by atoms with Crippen molar-refractivity contribution in [1.29, 1.82) is 0 Å². The quantitative estimate of drug-likeness (QED) is 0.344. The van der Waals surface area contributed by atoms with Crippen LogP contribution in [0.1, 0.15) is 70.4 Å². The molecule has 2 aromatic rings. The van der Waals surface area contributed by atoms with Crippen molar-refractivity contribution >= 4 is 27.7 Å². The van der Waals surface area contributed by atoms with E-state index in [9.17, 15) is 9.59 Å². The van der Waals surface area contributed by atoms with E-state index in [0.29, 0.717) is 44.1 Å². The first-order chi connectivity index (χ1) is 17.4. The number of rotatable bonds is 12. The van der Waals surface area contributed by atoms with Crippen molar-refractivity contribution in [2.75, 3.05) is 13.2 Å². The van der Waals surface area contributed by atoms with E-state index in [0.717, 1.165) is 41.3 Å². The van der Waals surface area contributed by atoms with Gasteiger partial charge in [0, 0.05) is 23.5 Å². The van der Waals surface area contributed by atoms with Gasteiger partial charge in [0.15, 0.2) is 11.5 Å². The second-order valence-electron chi connectivity index (χ2n) is 9.31. The van der Waals surface area contributed by atoms with E-state index in [1.807, 2.05) is 63.2 Å². The summed E-state index contributed by atoms with van der Waals surface area (Å²) in [5.74, 6) is 1.28. The van der Waals surface area contributed by atoms with Gasteiger partial charge in [-0.05, 0) is 75.4 Å². The maximum absolute atomic E-state index is 13.5. The maximum atomic E-state index is 13.5. The summed E-state index contributed by atoms with van der Waals surface area (Å²) in [5.41, 5.74) is 1.99. The summed E-state index contributed by atoms with van der Waals surface area (Å²) in [6, 6.07) is 13.3. The predicted octanol–water partition coefficient (Wildman–Crippen LogP) is 6.05. The molecule has 1 unspecified atom stereocenters. The number of carbonyl (C=O) groups is 2. The van der Waals surface area contributed by atoms with Gasteiger partial charge in [-0.15, -0.1) is 0 Å². The first-order valence-corrected chi connectivity index (χ1v) is 13.9. The fraction of sp³-hybridized carbons (Fsp3) is 0.517. The number of aryl methyl sites for hydroxylation is 1. The van der Waals surface area contributed by atoms with E-state index < -0.39 is 6.04 Å². The third-order valence-corrected chi connectivity index (χ3v) is 7.15. The summed E-state index contributed by atoms with van der Waals surface area (Å²) in [7, 11) is 0. The second-order valence-corrected chi connectivity index (χ2v) is 10.2. The van der Waals surface area contributed by atoms with Crippen LogP contribution in [0.4, 0.5) is 0 Å². The molecule has 36 heavy (non-hydrogen) atoms. The summed E-state index contributed by atoms with van der Waals surface area (Å²) in [6.45, 7) is 7.19. The average molecular weight is 560 g/mol. The molecule has 0 heterocycles. The van der Waals surface area contributed by atoms with E-state index in [-0.39, 0.29) is 17.9 Å². The molecule has 3 rings (SSSR count). The Morgan fingerprint density at radius 3 is 2.28 bits per heavy atom. The Balaban J connectivity index is 1.71. The predicted molar refractivity (Wildman–Crippen MR) is 146 cm³/mol. The number of nitrogens with one attached hydrogen (secondary N) is 1. The van der Waals surface area contributed by atoms with Crippen LogP contribution >= 0.6 is 15.9 Å². The lowest BCUT2D eigenvalue weighted by molar-refractivity contribution is -0.141. The molecule has 196 valence electrons.